The van der Waals surface area contributed by atoms with Crippen LogP contribution in [-0.4, -0.2) is 28.3 Å². The molecule has 1 atom stereocenters. The highest BCUT2D eigenvalue weighted by molar-refractivity contribution is 5.85. The summed E-state index contributed by atoms with van der Waals surface area (Å²) < 4.78 is 31.7. The number of carboxylic acids is 2. The third kappa shape index (κ3) is 3.84. The molecular formula is C12H9F3O4. The van der Waals surface area contributed by atoms with Gasteiger partial charge in [0.15, 0.2) is 0 Å². The Morgan fingerprint density at radius 1 is 1.11 bits per heavy atom. The first-order valence-electron chi connectivity index (χ1n) is 5.03. The summed E-state index contributed by atoms with van der Waals surface area (Å²) in [6.07, 6.45) is -1.51. The molecule has 0 bridgehead atoms. The summed E-state index contributed by atoms with van der Waals surface area (Å²) in [5.41, 5.74) is 1.91. The second-order valence-electron chi connectivity index (χ2n) is 3.61. The van der Waals surface area contributed by atoms with Crippen LogP contribution in [-0.2, 0) is 9.59 Å². The van der Waals surface area contributed by atoms with Crippen LogP contribution in [0.3, 0.4) is 0 Å². The van der Waals surface area contributed by atoms with E-state index in [1.165, 1.54) is 0 Å². The molecular weight excluding hydrogens is 265 g/mol. The van der Waals surface area contributed by atoms with E-state index in [9.17, 15) is 18.0 Å². The molecule has 2 N–H and O–H groups in total. The Bertz CT molecular complexity index is 520. The van der Waals surface area contributed by atoms with E-state index in [1.54, 1.807) is 6.08 Å². The first kappa shape index (κ1) is 14.7. The predicted molar refractivity (Wildman–Crippen MR) is 59.5 cm³/mol. The van der Waals surface area contributed by atoms with Crippen molar-refractivity contribution in [1.82, 2.24) is 0 Å². The van der Waals surface area contributed by atoms with Gasteiger partial charge in [0.05, 0.1) is 0 Å². The minimum absolute atomic E-state index is 0.443. The summed E-state index contributed by atoms with van der Waals surface area (Å²) in [6.45, 7) is 0. The van der Waals surface area contributed by atoms with Gasteiger partial charge in [-0.2, -0.15) is 13.2 Å². The molecule has 1 aliphatic carbocycles. The number of rotatable bonds is 1. The van der Waals surface area contributed by atoms with Gasteiger partial charge in [0.25, 0.3) is 0 Å². The van der Waals surface area contributed by atoms with Gasteiger partial charge in [0, 0.05) is 0 Å². The van der Waals surface area contributed by atoms with E-state index in [0.717, 1.165) is 11.1 Å². The van der Waals surface area contributed by atoms with E-state index >= 15 is 0 Å². The first-order valence-corrected chi connectivity index (χ1v) is 5.03. The summed E-state index contributed by atoms with van der Waals surface area (Å²) in [5.74, 6) is -3.98. The van der Waals surface area contributed by atoms with Gasteiger partial charge >= 0.3 is 18.1 Å². The van der Waals surface area contributed by atoms with Crippen LogP contribution in [0.2, 0.25) is 0 Å². The lowest BCUT2D eigenvalue weighted by Gasteiger charge is -2.03. The van der Waals surface area contributed by atoms with Gasteiger partial charge in [-0.25, -0.2) is 4.79 Å². The van der Waals surface area contributed by atoms with E-state index in [2.05, 4.69) is 0 Å². The summed E-state index contributed by atoms with van der Waals surface area (Å²) in [5, 5.41) is 15.9. The number of alkyl halides is 3. The Morgan fingerprint density at radius 3 is 2.11 bits per heavy atom. The van der Waals surface area contributed by atoms with Crippen molar-refractivity contribution in [2.24, 2.45) is 0 Å². The maximum absolute atomic E-state index is 10.7. The largest absolute Gasteiger partial charge is 0.490 e. The van der Waals surface area contributed by atoms with Crippen molar-refractivity contribution in [2.45, 2.75) is 12.1 Å². The minimum Gasteiger partial charge on any atom is -0.481 e. The van der Waals surface area contributed by atoms with Crippen LogP contribution in [0.4, 0.5) is 13.2 Å². The Morgan fingerprint density at radius 2 is 1.63 bits per heavy atom. The molecule has 1 aliphatic rings. The third-order valence-corrected chi connectivity index (χ3v) is 2.31. The maximum Gasteiger partial charge on any atom is 0.490 e. The molecule has 0 saturated carbocycles. The zero-order valence-electron chi connectivity index (χ0n) is 9.39. The number of hydrogen-bond acceptors (Lipinski definition) is 2. The fraction of sp³-hybridized carbons (Fsp3) is 0.167. The summed E-state index contributed by atoms with van der Waals surface area (Å²) in [7, 11) is 0. The molecule has 1 aromatic rings. The van der Waals surface area contributed by atoms with Crippen LogP contribution in [0.5, 0.6) is 0 Å². The number of aliphatic carboxylic acids is 2. The van der Waals surface area contributed by atoms with Crippen LogP contribution >= 0.6 is 0 Å². The van der Waals surface area contributed by atoms with Crippen molar-refractivity contribution >= 4 is 18.0 Å². The van der Waals surface area contributed by atoms with Gasteiger partial charge in [-0.3, -0.25) is 4.79 Å². The SMILES string of the molecule is O=C(O)C(F)(F)F.O=C(O)C1C=Cc2ccccc21. The van der Waals surface area contributed by atoms with Crippen LogP contribution in [0, 0.1) is 0 Å². The molecule has 1 unspecified atom stereocenters. The number of benzene rings is 1. The van der Waals surface area contributed by atoms with E-state index in [0.29, 0.717) is 0 Å². The zero-order chi connectivity index (χ0) is 14.6. The topological polar surface area (TPSA) is 74.6 Å². The van der Waals surface area contributed by atoms with Gasteiger partial charge < -0.3 is 10.2 Å². The number of carbonyl (C=O) groups is 2. The van der Waals surface area contributed by atoms with Crippen LogP contribution in [0.15, 0.2) is 30.3 Å². The van der Waals surface area contributed by atoms with Gasteiger partial charge in [-0.1, -0.05) is 36.4 Å². The Kier molecular flexibility index (Phi) is 4.31. The van der Waals surface area contributed by atoms with Crippen molar-refractivity contribution in [3.63, 3.8) is 0 Å². The average molecular weight is 274 g/mol. The van der Waals surface area contributed by atoms with Crippen LogP contribution < -0.4 is 0 Å². The van der Waals surface area contributed by atoms with Gasteiger partial charge in [-0.15, -0.1) is 0 Å². The first-order chi connectivity index (χ1) is 8.73. The number of fused-ring (bicyclic) bond motifs is 1. The van der Waals surface area contributed by atoms with Crippen molar-refractivity contribution in [3.8, 4) is 0 Å². The molecule has 0 amide bonds. The van der Waals surface area contributed by atoms with Crippen molar-refractivity contribution < 1.29 is 33.0 Å². The molecule has 0 spiro atoms. The molecule has 0 radical (unpaired) electrons. The third-order valence-electron chi connectivity index (χ3n) is 2.31. The Labute approximate surface area is 105 Å². The number of hydrogen-bond donors (Lipinski definition) is 2. The lowest BCUT2D eigenvalue weighted by molar-refractivity contribution is -0.192. The van der Waals surface area contributed by atoms with Crippen molar-refractivity contribution in [2.75, 3.05) is 0 Å². The van der Waals surface area contributed by atoms with Gasteiger partial charge in [0.2, 0.25) is 0 Å². The number of halogens is 3. The lowest BCUT2D eigenvalue weighted by Crippen LogP contribution is -2.21. The second-order valence-corrected chi connectivity index (χ2v) is 3.61. The molecule has 0 saturated heterocycles. The average Bonchev–Trinajstić information content (AvgIpc) is 2.72. The van der Waals surface area contributed by atoms with Crippen molar-refractivity contribution in [3.05, 3.63) is 41.5 Å². The summed E-state index contributed by atoms with van der Waals surface area (Å²) in [4.78, 5) is 19.6. The second kappa shape index (κ2) is 5.55. The molecule has 19 heavy (non-hydrogen) atoms. The van der Waals surface area contributed by atoms with Crippen molar-refractivity contribution in [1.29, 1.82) is 0 Å². The molecule has 7 heteroatoms. The van der Waals surface area contributed by atoms with E-state index < -0.39 is 24.0 Å². The highest BCUT2D eigenvalue weighted by Gasteiger charge is 2.38. The normalized spacial score (nSPS) is 16.3. The van der Waals surface area contributed by atoms with Crippen LogP contribution in [0.1, 0.15) is 17.0 Å². The van der Waals surface area contributed by atoms with Gasteiger partial charge in [-0.05, 0) is 11.1 Å². The molecule has 4 nitrogen and oxygen atoms in total. The molecule has 102 valence electrons. The summed E-state index contributed by atoms with van der Waals surface area (Å²) in [6, 6.07) is 7.55. The van der Waals surface area contributed by atoms with E-state index in [-0.39, 0.29) is 0 Å². The highest BCUT2D eigenvalue weighted by Crippen LogP contribution is 2.29. The Balaban J connectivity index is 0.000000224. The molecule has 2 rings (SSSR count). The lowest BCUT2D eigenvalue weighted by atomic mass is 10.0. The number of carboxylic acid groups (broad SMARTS) is 2. The Hall–Kier alpha value is -2.31. The molecule has 0 heterocycles. The van der Waals surface area contributed by atoms with Crippen LogP contribution in [0.25, 0.3) is 6.08 Å². The smallest absolute Gasteiger partial charge is 0.481 e. The maximum atomic E-state index is 10.7. The quantitative estimate of drug-likeness (QED) is 0.825. The van der Waals surface area contributed by atoms with Gasteiger partial charge in [0.1, 0.15) is 5.92 Å². The fourth-order valence-corrected chi connectivity index (χ4v) is 1.46. The standard InChI is InChI=1S/C10H8O2.C2HF3O2/c11-10(12)9-6-5-7-3-1-2-4-8(7)9;3-2(4,5)1(6)7/h1-6,9H,(H,11,12);(H,6,7). The highest BCUT2D eigenvalue weighted by atomic mass is 19.4. The molecule has 0 fully saturated rings. The molecule has 0 aliphatic heterocycles. The zero-order valence-corrected chi connectivity index (χ0v) is 9.39. The van der Waals surface area contributed by atoms with E-state index in [1.807, 2.05) is 30.3 Å². The monoisotopic (exact) mass is 274 g/mol. The summed E-state index contributed by atoms with van der Waals surface area (Å²) >= 11 is 0. The minimum atomic E-state index is -5.08. The molecule has 1 aromatic carbocycles. The molecule has 0 aromatic heterocycles. The van der Waals surface area contributed by atoms with E-state index in [4.69, 9.17) is 15.0 Å². The predicted octanol–water partition coefficient (Wildman–Crippen LogP) is 2.51. The fourth-order valence-electron chi connectivity index (χ4n) is 1.46.